The zero-order valence-electron chi connectivity index (χ0n) is 14.4. The third kappa shape index (κ3) is 3.30. The lowest BCUT2D eigenvalue weighted by Crippen LogP contribution is -2.28. The maximum Gasteiger partial charge on any atom is 0.293 e. The first-order valence-electron chi connectivity index (χ1n) is 8.74. The largest absolute Gasteiger partial charge is 0.455 e. The fraction of sp³-hybridized carbons (Fsp3) is 0.368. The second kappa shape index (κ2) is 6.72. The van der Waals surface area contributed by atoms with Crippen LogP contribution in [0.25, 0.3) is 11.0 Å². The Hall–Kier alpha value is -2.60. The number of hydrogen-bond acceptors (Lipinski definition) is 4. The van der Waals surface area contributed by atoms with Gasteiger partial charge >= 0.3 is 0 Å². The van der Waals surface area contributed by atoms with Crippen LogP contribution >= 0.6 is 0 Å². The molecule has 0 bridgehead atoms. The monoisotopic (exact) mass is 338 g/mol. The van der Waals surface area contributed by atoms with Crippen molar-refractivity contribution in [1.82, 2.24) is 14.5 Å². The number of piperidine rings is 1. The number of fused-ring (bicyclic) bond motifs is 1. The summed E-state index contributed by atoms with van der Waals surface area (Å²) in [5.41, 5.74) is 1.83. The second-order valence-electron chi connectivity index (χ2n) is 6.54. The van der Waals surface area contributed by atoms with Crippen LogP contribution < -0.4 is 5.32 Å². The fourth-order valence-corrected chi connectivity index (χ4v) is 3.34. The van der Waals surface area contributed by atoms with Gasteiger partial charge < -0.3 is 8.98 Å². The predicted molar refractivity (Wildman–Crippen MR) is 96.5 cm³/mol. The number of aryl methyl sites for hydroxylation is 1. The number of nitrogens with one attached hydrogen (secondary N) is 1. The zero-order valence-corrected chi connectivity index (χ0v) is 14.4. The highest BCUT2D eigenvalue weighted by atomic mass is 16.4. The van der Waals surface area contributed by atoms with E-state index in [0.717, 1.165) is 36.4 Å². The number of para-hydroxylation sites is 2. The molecule has 1 saturated heterocycles. The molecule has 0 radical (unpaired) electrons. The summed E-state index contributed by atoms with van der Waals surface area (Å²) in [6, 6.07) is 11.4. The first-order chi connectivity index (χ1) is 12.2. The van der Waals surface area contributed by atoms with Crippen molar-refractivity contribution in [2.75, 3.05) is 18.4 Å². The highest BCUT2D eigenvalue weighted by Crippen LogP contribution is 2.19. The summed E-state index contributed by atoms with van der Waals surface area (Å²) in [5, 5.41) is 2.84. The Kier molecular flexibility index (Phi) is 4.28. The van der Waals surface area contributed by atoms with Crippen LogP contribution in [0.3, 0.4) is 0 Å². The van der Waals surface area contributed by atoms with E-state index >= 15 is 0 Å². The van der Waals surface area contributed by atoms with Gasteiger partial charge in [-0.15, -0.1) is 0 Å². The molecule has 0 unspecified atom stereocenters. The molecular weight excluding hydrogens is 316 g/mol. The Morgan fingerprint density at radius 3 is 2.76 bits per heavy atom. The Balaban J connectivity index is 1.46. The van der Waals surface area contributed by atoms with Gasteiger partial charge in [0.15, 0.2) is 5.76 Å². The average Bonchev–Trinajstić information content (AvgIpc) is 3.22. The lowest BCUT2D eigenvalue weighted by Gasteiger charge is -2.25. The minimum Gasteiger partial charge on any atom is -0.455 e. The summed E-state index contributed by atoms with van der Waals surface area (Å²) in [6.45, 7) is 2.96. The summed E-state index contributed by atoms with van der Waals surface area (Å²) in [6.07, 6.45) is 3.78. The number of furan rings is 1. The molecule has 6 nitrogen and oxygen atoms in total. The molecule has 3 heterocycles. The number of carbonyl (C=O) groups is 1. The van der Waals surface area contributed by atoms with Gasteiger partial charge in [-0.1, -0.05) is 18.6 Å². The number of aromatic nitrogens is 2. The number of imidazole rings is 1. The third-order valence-electron chi connectivity index (χ3n) is 4.73. The summed E-state index contributed by atoms with van der Waals surface area (Å²) in [7, 11) is 1.88. The van der Waals surface area contributed by atoms with Gasteiger partial charge in [-0.05, 0) is 50.2 Å². The molecule has 1 aliphatic heterocycles. The number of amides is 1. The smallest absolute Gasteiger partial charge is 0.293 e. The highest BCUT2D eigenvalue weighted by Gasteiger charge is 2.17. The van der Waals surface area contributed by atoms with E-state index in [1.54, 1.807) is 6.07 Å². The number of hydrogen-bond donors (Lipinski definition) is 1. The SMILES string of the molecule is Cn1c(NC(=O)c2ccc(CN3CCCCC3)o2)nc2ccccc21. The van der Waals surface area contributed by atoms with Crippen molar-refractivity contribution in [3.05, 3.63) is 47.9 Å². The van der Waals surface area contributed by atoms with Crippen molar-refractivity contribution >= 4 is 22.9 Å². The van der Waals surface area contributed by atoms with Crippen LogP contribution in [0.5, 0.6) is 0 Å². The number of benzene rings is 1. The predicted octanol–water partition coefficient (Wildman–Crippen LogP) is 3.40. The van der Waals surface area contributed by atoms with Gasteiger partial charge in [0.1, 0.15) is 5.76 Å². The van der Waals surface area contributed by atoms with E-state index in [0.29, 0.717) is 11.7 Å². The Morgan fingerprint density at radius 1 is 1.16 bits per heavy atom. The van der Waals surface area contributed by atoms with Crippen molar-refractivity contribution < 1.29 is 9.21 Å². The molecule has 4 rings (SSSR count). The molecule has 0 aliphatic carbocycles. The molecule has 130 valence electrons. The molecule has 25 heavy (non-hydrogen) atoms. The first-order valence-corrected chi connectivity index (χ1v) is 8.74. The average molecular weight is 338 g/mol. The van der Waals surface area contributed by atoms with Crippen LogP contribution in [-0.4, -0.2) is 33.4 Å². The maximum atomic E-state index is 12.5. The molecule has 0 atom stereocenters. The van der Waals surface area contributed by atoms with E-state index in [-0.39, 0.29) is 5.91 Å². The van der Waals surface area contributed by atoms with E-state index in [9.17, 15) is 4.79 Å². The van der Waals surface area contributed by atoms with E-state index in [4.69, 9.17) is 4.42 Å². The molecule has 0 saturated carbocycles. The van der Waals surface area contributed by atoms with Gasteiger partial charge in [0.25, 0.3) is 5.91 Å². The van der Waals surface area contributed by atoms with Crippen LogP contribution in [0.2, 0.25) is 0 Å². The first kappa shape index (κ1) is 15.9. The van der Waals surface area contributed by atoms with Crippen LogP contribution in [-0.2, 0) is 13.6 Å². The van der Waals surface area contributed by atoms with Crippen molar-refractivity contribution in [2.24, 2.45) is 7.05 Å². The summed E-state index contributed by atoms with van der Waals surface area (Å²) in [5.74, 6) is 1.39. The van der Waals surface area contributed by atoms with Gasteiger partial charge in [-0.2, -0.15) is 0 Å². The van der Waals surface area contributed by atoms with Crippen molar-refractivity contribution in [3.63, 3.8) is 0 Å². The molecule has 1 aromatic carbocycles. The van der Waals surface area contributed by atoms with E-state index in [1.165, 1.54) is 19.3 Å². The summed E-state index contributed by atoms with van der Waals surface area (Å²) >= 11 is 0. The summed E-state index contributed by atoms with van der Waals surface area (Å²) in [4.78, 5) is 19.3. The topological polar surface area (TPSA) is 63.3 Å². The van der Waals surface area contributed by atoms with Gasteiger partial charge in [0.05, 0.1) is 17.6 Å². The van der Waals surface area contributed by atoms with Gasteiger partial charge in [0, 0.05) is 7.05 Å². The molecule has 6 heteroatoms. The minimum absolute atomic E-state index is 0.275. The van der Waals surface area contributed by atoms with Gasteiger partial charge in [-0.25, -0.2) is 4.98 Å². The van der Waals surface area contributed by atoms with Crippen molar-refractivity contribution in [1.29, 1.82) is 0 Å². The quantitative estimate of drug-likeness (QED) is 0.792. The maximum absolute atomic E-state index is 12.5. The highest BCUT2D eigenvalue weighted by molar-refractivity contribution is 6.02. The van der Waals surface area contributed by atoms with Crippen LogP contribution in [0, 0.1) is 0 Å². The molecule has 2 aromatic heterocycles. The number of rotatable bonds is 4. The summed E-state index contributed by atoms with van der Waals surface area (Å²) < 4.78 is 7.61. The standard InChI is InChI=1S/C19H22N4O2/c1-22-16-8-4-3-7-15(16)20-19(22)21-18(24)17-10-9-14(25-17)13-23-11-5-2-6-12-23/h3-4,7-10H,2,5-6,11-13H2,1H3,(H,20,21,24). The fourth-order valence-electron chi connectivity index (χ4n) is 3.34. The second-order valence-corrected chi connectivity index (χ2v) is 6.54. The van der Waals surface area contributed by atoms with Gasteiger partial charge in [0.2, 0.25) is 5.95 Å². The Morgan fingerprint density at radius 2 is 1.96 bits per heavy atom. The number of nitrogens with zero attached hydrogens (tertiary/aromatic N) is 3. The van der Waals surface area contributed by atoms with Crippen LogP contribution in [0.15, 0.2) is 40.8 Å². The van der Waals surface area contributed by atoms with Crippen LogP contribution in [0.4, 0.5) is 5.95 Å². The molecule has 1 aliphatic rings. The lowest BCUT2D eigenvalue weighted by molar-refractivity contribution is 0.0991. The van der Waals surface area contributed by atoms with Crippen LogP contribution in [0.1, 0.15) is 35.6 Å². The third-order valence-corrected chi connectivity index (χ3v) is 4.73. The Bertz CT molecular complexity index is 890. The molecule has 1 amide bonds. The zero-order chi connectivity index (χ0) is 17.2. The molecule has 1 N–H and O–H groups in total. The molecular formula is C19H22N4O2. The lowest BCUT2D eigenvalue weighted by atomic mass is 10.1. The normalized spacial score (nSPS) is 15.6. The van der Waals surface area contributed by atoms with Crippen molar-refractivity contribution in [2.45, 2.75) is 25.8 Å². The van der Waals surface area contributed by atoms with E-state index in [2.05, 4.69) is 15.2 Å². The number of anilines is 1. The number of likely N-dealkylation sites (tertiary alicyclic amines) is 1. The van der Waals surface area contributed by atoms with Gasteiger partial charge in [-0.3, -0.25) is 15.0 Å². The Labute approximate surface area is 146 Å². The van der Waals surface area contributed by atoms with E-state index < -0.39 is 0 Å². The molecule has 0 spiro atoms. The minimum atomic E-state index is -0.275. The number of carbonyl (C=O) groups excluding carboxylic acids is 1. The molecule has 3 aromatic rings. The molecule has 1 fully saturated rings. The van der Waals surface area contributed by atoms with Crippen molar-refractivity contribution in [3.8, 4) is 0 Å². The van der Waals surface area contributed by atoms with E-state index in [1.807, 2.05) is 41.9 Å².